The predicted octanol–water partition coefficient (Wildman–Crippen LogP) is 3.02. The Morgan fingerprint density at radius 2 is 2.13 bits per heavy atom. The van der Waals surface area contributed by atoms with Crippen molar-refractivity contribution in [3.63, 3.8) is 0 Å². The summed E-state index contributed by atoms with van der Waals surface area (Å²) in [6, 6.07) is 0. The van der Waals surface area contributed by atoms with Gasteiger partial charge in [0.1, 0.15) is 0 Å². The molecule has 2 aliphatic rings. The van der Waals surface area contributed by atoms with Gasteiger partial charge in [-0.15, -0.1) is 0 Å². The van der Waals surface area contributed by atoms with Crippen LogP contribution in [0.2, 0.25) is 0 Å². The first-order valence-electron chi connectivity index (χ1n) is 5.85. The summed E-state index contributed by atoms with van der Waals surface area (Å²) in [5.41, 5.74) is 0.351. The van der Waals surface area contributed by atoms with Crippen molar-refractivity contribution < 1.29 is 9.90 Å². The zero-order valence-electron chi connectivity index (χ0n) is 9.53. The molecule has 1 saturated carbocycles. The Labute approximate surface area is 95.8 Å². The first-order chi connectivity index (χ1) is 7.00. The lowest BCUT2D eigenvalue weighted by molar-refractivity contribution is -0.143. The molecular formula is C12H20O2S. The molecule has 0 radical (unpaired) electrons. The summed E-state index contributed by atoms with van der Waals surface area (Å²) in [5.74, 6) is 1.21. The van der Waals surface area contributed by atoms with Crippen LogP contribution in [-0.2, 0) is 4.79 Å². The van der Waals surface area contributed by atoms with Crippen molar-refractivity contribution in [3.8, 4) is 0 Å². The molecule has 0 aromatic rings. The molecule has 86 valence electrons. The molecule has 0 bridgehead atoms. The molecule has 0 amide bonds. The summed E-state index contributed by atoms with van der Waals surface area (Å²) in [4.78, 5) is 11.0. The quantitative estimate of drug-likeness (QED) is 0.749. The fraction of sp³-hybridized carbons (Fsp3) is 0.917. The lowest BCUT2D eigenvalue weighted by Gasteiger charge is -2.47. The standard InChI is InChI=1S/C12H20O2S/c1-12(2)5-6-15-10-4-3-8(11(13)14)7-9(10)12/h8-10H,3-7H2,1-2H3,(H,13,14). The summed E-state index contributed by atoms with van der Waals surface area (Å²) in [6.07, 6.45) is 4.14. The van der Waals surface area contributed by atoms with Crippen molar-refractivity contribution in [1.29, 1.82) is 0 Å². The Morgan fingerprint density at radius 3 is 2.80 bits per heavy atom. The van der Waals surface area contributed by atoms with E-state index in [1.165, 1.54) is 12.2 Å². The van der Waals surface area contributed by atoms with Gasteiger partial charge in [0, 0.05) is 5.25 Å². The van der Waals surface area contributed by atoms with E-state index in [1.54, 1.807) is 0 Å². The maximum Gasteiger partial charge on any atom is 0.306 e. The molecule has 0 aromatic heterocycles. The highest BCUT2D eigenvalue weighted by molar-refractivity contribution is 7.99. The van der Waals surface area contributed by atoms with Gasteiger partial charge in [0.15, 0.2) is 0 Å². The smallest absolute Gasteiger partial charge is 0.306 e. The van der Waals surface area contributed by atoms with E-state index in [0.29, 0.717) is 11.3 Å². The van der Waals surface area contributed by atoms with Crippen molar-refractivity contribution >= 4 is 17.7 Å². The minimum atomic E-state index is -0.583. The first-order valence-corrected chi connectivity index (χ1v) is 6.90. The number of carboxylic acids is 1. The maximum absolute atomic E-state index is 11.0. The second-order valence-electron chi connectivity index (χ2n) is 5.60. The minimum absolute atomic E-state index is 0.0794. The van der Waals surface area contributed by atoms with Crippen LogP contribution in [-0.4, -0.2) is 22.1 Å². The largest absolute Gasteiger partial charge is 0.481 e. The predicted molar refractivity (Wildman–Crippen MR) is 63.1 cm³/mol. The van der Waals surface area contributed by atoms with Crippen LogP contribution < -0.4 is 0 Å². The Bertz CT molecular complexity index is 262. The van der Waals surface area contributed by atoms with E-state index in [1.807, 2.05) is 0 Å². The van der Waals surface area contributed by atoms with Gasteiger partial charge in [0.25, 0.3) is 0 Å². The van der Waals surface area contributed by atoms with Crippen LogP contribution in [0.3, 0.4) is 0 Å². The molecule has 1 N–H and O–H groups in total. The fourth-order valence-electron chi connectivity index (χ4n) is 3.05. The third-order valence-electron chi connectivity index (χ3n) is 4.22. The molecule has 2 nitrogen and oxygen atoms in total. The molecule has 15 heavy (non-hydrogen) atoms. The molecule has 1 saturated heterocycles. The van der Waals surface area contributed by atoms with E-state index in [9.17, 15) is 4.79 Å². The van der Waals surface area contributed by atoms with Crippen molar-refractivity contribution in [1.82, 2.24) is 0 Å². The summed E-state index contributed by atoms with van der Waals surface area (Å²) >= 11 is 2.07. The van der Waals surface area contributed by atoms with Crippen LogP contribution in [0.4, 0.5) is 0 Å². The number of rotatable bonds is 1. The van der Waals surface area contributed by atoms with Gasteiger partial charge < -0.3 is 5.11 Å². The summed E-state index contributed by atoms with van der Waals surface area (Å²) in [5, 5.41) is 9.82. The van der Waals surface area contributed by atoms with Gasteiger partial charge >= 0.3 is 5.97 Å². The topological polar surface area (TPSA) is 37.3 Å². The molecular weight excluding hydrogens is 208 g/mol. The van der Waals surface area contributed by atoms with Crippen LogP contribution in [0.25, 0.3) is 0 Å². The molecule has 0 aromatic carbocycles. The lowest BCUT2D eigenvalue weighted by atomic mass is 9.66. The van der Waals surface area contributed by atoms with E-state index in [-0.39, 0.29) is 5.92 Å². The molecule has 3 atom stereocenters. The van der Waals surface area contributed by atoms with E-state index < -0.39 is 5.97 Å². The van der Waals surface area contributed by atoms with Gasteiger partial charge in [-0.25, -0.2) is 0 Å². The number of carbonyl (C=O) groups is 1. The zero-order chi connectivity index (χ0) is 11.1. The normalized spacial score (nSPS) is 39.5. The van der Waals surface area contributed by atoms with E-state index in [2.05, 4.69) is 25.6 Å². The molecule has 3 unspecified atom stereocenters. The van der Waals surface area contributed by atoms with Crippen molar-refractivity contribution in [3.05, 3.63) is 0 Å². The highest BCUT2D eigenvalue weighted by Crippen LogP contribution is 2.51. The average Bonchev–Trinajstić information content (AvgIpc) is 2.17. The number of hydrogen-bond acceptors (Lipinski definition) is 2. The molecule has 3 heteroatoms. The summed E-state index contributed by atoms with van der Waals surface area (Å²) in [7, 11) is 0. The van der Waals surface area contributed by atoms with Gasteiger partial charge in [-0.3, -0.25) is 4.79 Å². The number of hydrogen-bond donors (Lipinski definition) is 1. The molecule has 2 fully saturated rings. The maximum atomic E-state index is 11.0. The van der Waals surface area contributed by atoms with Crippen LogP contribution in [0.15, 0.2) is 0 Å². The Hall–Kier alpha value is -0.180. The molecule has 1 aliphatic carbocycles. The highest BCUT2D eigenvalue weighted by atomic mass is 32.2. The Kier molecular flexibility index (Phi) is 3.02. The van der Waals surface area contributed by atoms with Crippen LogP contribution in [0.1, 0.15) is 39.5 Å². The van der Waals surface area contributed by atoms with Crippen molar-refractivity contribution in [2.45, 2.75) is 44.8 Å². The first kappa shape index (κ1) is 11.3. The van der Waals surface area contributed by atoms with Crippen molar-refractivity contribution in [2.24, 2.45) is 17.3 Å². The van der Waals surface area contributed by atoms with Crippen LogP contribution in [0.5, 0.6) is 0 Å². The number of carboxylic acid groups (broad SMARTS) is 1. The second kappa shape index (κ2) is 4.00. The number of aliphatic carboxylic acids is 1. The van der Waals surface area contributed by atoms with E-state index >= 15 is 0 Å². The second-order valence-corrected chi connectivity index (χ2v) is 6.95. The third-order valence-corrected chi connectivity index (χ3v) is 5.65. The molecule has 1 heterocycles. The molecule has 1 aliphatic heterocycles. The zero-order valence-corrected chi connectivity index (χ0v) is 10.3. The molecule has 0 spiro atoms. The fourth-order valence-corrected chi connectivity index (χ4v) is 5.01. The summed E-state index contributed by atoms with van der Waals surface area (Å²) < 4.78 is 0. The van der Waals surface area contributed by atoms with Crippen LogP contribution in [0, 0.1) is 17.3 Å². The third kappa shape index (κ3) is 2.17. The van der Waals surface area contributed by atoms with E-state index in [4.69, 9.17) is 5.11 Å². The molecule has 2 rings (SSSR count). The SMILES string of the molecule is CC1(C)CCSC2CCC(C(=O)O)CC21. The Balaban J connectivity index is 2.10. The minimum Gasteiger partial charge on any atom is -0.481 e. The highest BCUT2D eigenvalue weighted by Gasteiger charge is 2.44. The van der Waals surface area contributed by atoms with Gasteiger partial charge in [-0.1, -0.05) is 13.8 Å². The lowest BCUT2D eigenvalue weighted by Crippen LogP contribution is -2.42. The Morgan fingerprint density at radius 1 is 1.40 bits per heavy atom. The van der Waals surface area contributed by atoms with Gasteiger partial charge in [0.2, 0.25) is 0 Å². The van der Waals surface area contributed by atoms with Crippen molar-refractivity contribution in [2.75, 3.05) is 5.75 Å². The monoisotopic (exact) mass is 228 g/mol. The van der Waals surface area contributed by atoms with Gasteiger partial charge in [-0.05, 0) is 42.8 Å². The number of thioether (sulfide) groups is 1. The number of fused-ring (bicyclic) bond motifs is 1. The average molecular weight is 228 g/mol. The summed E-state index contributed by atoms with van der Waals surface area (Å²) in [6.45, 7) is 4.63. The van der Waals surface area contributed by atoms with Gasteiger partial charge in [-0.2, -0.15) is 11.8 Å². The van der Waals surface area contributed by atoms with E-state index in [0.717, 1.165) is 24.5 Å². The van der Waals surface area contributed by atoms with Gasteiger partial charge in [0.05, 0.1) is 5.92 Å². The van der Waals surface area contributed by atoms with Crippen LogP contribution >= 0.6 is 11.8 Å².